The molecule has 1 aliphatic carbocycles. The monoisotopic (exact) mass is 450 g/mol. The molecule has 0 saturated heterocycles. The average Bonchev–Trinajstić information content (AvgIpc) is 2.72. The maximum atomic E-state index is 11.0. The van der Waals surface area contributed by atoms with Crippen LogP contribution in [-0.2, 0) is 0 Å². The van der Waals surface area contributed by atoms with E-state index >= 15 is 0 Å². The summed E-state index contributed by atoms with van der Waals surface area (Å²) in [7, 11) is 0. The third-order valence-corrected chi connectivity index (χ3v) is 5.65. The molecule has 0 aliphatic heterocycles. The maximum Gasteiger partial charge on any atom is 0.157 e. The third kappa shape index (κ3) is 9.58. The summed E-state index contributed by atoms with van der Waals surface area (Å²) in [5, 5.41) is 40.3. The summed E-state index contributed by atoms with van der Waals surface area (Å²) >= 11 is 0. The smallest absolute Gasteiger partial charge is 0.157 e. The van der Waals surface area contributed by atoms with Crippen LogP contribution in [0.25, 0.3) is 6.08 Å². The zero-order valence-electron chi connectivity index (χ0n) is 20.3. The van der Waals surface area contributed by atoms with Crippen LogP contribution in [0, 0.1) is 0 Å². The van der Waals surface area contributed by atoms with E-state index in [1.807, 2.05) is 0 Å². The largest absolute Gasteiger partial charge is 0.512 e. The second kappa shape index (κ2) is 12.3. The minimum absolute atomic E-state index is 0.134. The number of rotatable bonds is 10. The van der Waals surface area contributed by atoms with Gasteiger partial charge in [0.05, 0.1) is 11.4 Å². The van der Waals surface area contributed by atoms with E-state index in [-0.39, 0.29) is 23.7 Å². The van der Waals surface area contributed by atoms with Crippen LogP contribution in [0.15, 0.2) is 82.7 Å². The van der Waals surface area contributed by atoms with Crippen molar-refractivity contribution in [1.29, 1.82) is 0 Å². The van der Waals surface area contributed by atoms with Crippen LogP contribution in [0.4, 0.5) is 0 Å². The molecule has 2 rings (SSSR count). The van der Waals surface area contributed by atoms with Crippen LogP contribution >= 0.6 is 0 Å². The quantitative estimate of drug-likeness (QED) is 0.221. The summed E-state index contributed by atoms with van der Waals surface area (Å²) in [4.78, 5) is 0. The highest BCUT2D eigenvalue weighted by atomic mass is 16.3. The highest BCUT2D eigenvalue weighted by Gasteiger charge is 2.28. The first-order valence-corrected chi connectivity index (χ1v) is 11.6. The maximum absolute atomic E-state index is 11.0. The van der Waals surface area contributed by atoms with Gasteiger partial charge < -0.3 is 20.4 Å². The Morgan fingerprint density at radius 2 is 1.55 bits per heavy atom. The van der Waals surface area contributed by atoms with E-state index < -0.39 is 5.60 Å². The molecular weight excluding hydrogens is 412 g/mol. The first kappa shape index (κ1) is 26.3. The van der Waals surface area contributed by atoms with E-state index in [4.69, 9.17) is 0 Å². The molecule has 4 nitrogen and oxygen atoms in total. The Balaban J connectivity index is 1.96. The molecule has 1 aliphatic rings. The highest BCUT2D eigenvalue weighted by Crippen LogP contribution is 2.31. The molecule has 1 atom stereocenters. The first-order chi connectivity index (χ1) is 15.6. The van der Waals surface area contributed by atoms with Gasteiger partial charge >= 0.3 is 0 Å². The number of hydrogen-bond donors (Lipinski definition) is 4. The molecule has 0 aromatic heterocycles. The van der Waals surface area contributed by atoms with Gasteiger partial charge in [0, 0.05) is 6.42 Å². The molecule has 0 amide bonds. The van der Waals surface area contributed by atoms with Crippen molar-refractivity contribution in [3.8, 4) is 11.5 Å². The molecule has 33 heavy (non-hydrogen) atoms. The standard InChI is InChI=1S/C29H38O4/c1-21(2)7-5-8-22(3)9-6-10-23(4)15-16-29(33)19-25(17-26(30)20-29)12-11-24-13-14-27(31)28(32)18-24/h7,9,11-15,17-19,30-33H,5-6,8,10,16,20H2,1-4H3. The molecule has 0 radical (unpaired) electrons. The SMILES string of the molecule is CC(C)=CCCC(C)=CCCC(C)=CCC1(O)C=C(C=Cc2ccc(O)c(O)c2)C=C(O)C1. The van der Waals surface area contributed by atoms with Crippen molar-refractivity contribution in [2.24, 2.45) is 0 Å². The summed E-state index contributed by atoms with van der Waals surface area (Å²) in [6.45, 7) is 8.50. The van der Waals surface area contributed by atoms with E-state index in [9.17, 15) is 20.4 Å². The van der Waals surface area contributed by atoms with Gasteiger partial charge in [-0.05, 0) is 95.2 Å². The molecule has 178 valence electrons. The summed E-state index contributed by atoms with van der Waals surface area (Å²) in [6.07, 6.45) is 18.2. The number of benzene rings is 1. The zero-order chi connectivity index (χ0) is 24.4. The van der Waals surface area contributed by atoms with E-state index in [0.717, 1.165) is 25.7 Å². The minimum Gasteiger partial charge on any atom is -0.512 e. The summed E-state index contributed by atoms with van der Waals surface area (Å²) in [5.74, 6) is -0.232. The number of aliphatic hydroxyl groups is 2. The minimum atomic E-state index is -1.15. The Morgan fingerprint density at radius 1 is 0.879 bits per heavy atom. The molecule has 0 fully saturated rings. The van der Waals surface area contributed by atoms with Crippen molar-refractivity contribution in [3.05, 3.63) is 88.3 Å². The Morgan fingerprint density at radius 3 is 2.21 bits per heavy atom. The molecule has 1 unspecified atom stereocenters. The van der Waals surface area contributed by atoms with Gasteiger partial charge in [0.1, 0.15) is 0 Å². The van der Waals surface area contributed by atoms with Gasteiger partial charge in [-0.3, -0.25) is 0 Å². The number of hydrogen-bond acceptors (Lipinski definition) is 4. The highest BCUT2D eigenvalue weighted by molar-refractivity contribution is 5.59. The van der Waals surface area contributed by atoms with E-state index in [1.165, 1.54) is 28.9 Å². The summed E-state index contributed by atoms with van der Waals surface area (Å²) in [6, 6.07) is 4.55. The Kier molecular flexibility index (Phi) is 9.80. The molecule has 1 aromatic carbocycles. The molecule has 0 heterocycles. The summed E-state index contributed by atoms with van der Waals surface area (Å²) < 4.78 is 0. The lowest BCUT2D eigenvalue weighted by Gasteiger charge is -2.27. The molecule has 0 bridgehead atoms. The number of phenolic OH excluding ortho intramolecular Hbond substituents is 2. The van der Waals surface area contributed by atoms with Crippen molar-refractivity contribution < 1.29 is 20.4 Å². The summed E-state index contributed by atoms with van der Waals surface area (Å²) in [5.41, 5.74) is 4.23. The van der Waals surface area contributed by atoms with Gasteiger partial charge in [-0.2, -0.15) is 0 Å². The average molecular weight is 451 g/mol. The lowest BCUT2D eigenvalue weighted by Crippen LogP contribution is -2.28. The lowest BCUT2D eigenvalue weighted by molar-refractivity contribution is 0.0793. The topological polar surface area (TPSA) is 80.9 Å². The van der Waals surface area contributed by atoms with Crippen molar-refractivity contribution in [3.63, 3.8) is 0 Å². The predicted octanol–water partition coefficient (Wildman–Crippen LogP) is 7.42. The van der Waals surface area contributed by atoms with Gasteiger partial charge in [0.2, 0.25) is 0 Å². The second-order valence-electron chi connectivity index (χ2n) is 9.31. The Bertz CT molecular complexity index is 1000. The molecule has 0 spiro atoms. The van der Waals surface area contributed by atoms with Crippen molar-refractivity contribution in [2.45, 2.75) is 71.8 Å². The molecule has 4 heteroatoms. The van der Waals surface area contributed by atoms with Crippen molar-refractivity contribution >= 4 is 6.08 Å². The Hall–Kier alpha value is -2.98. The normalized spacial score (nSPS) is 19.4. The van der Waals surface area contributed by atoms with Gasteiger partial charge in [0.25, 0.3) is 0 Å². The van der Waals surface area contributed by atoms with Crippen LogP contribution < -0.4 is 0 Å². The van der Waals surface area contributed by atoms with Gasteiger partial charge in [-0.25, -0.2) is 0 Å². The van der Waals surface area contributed by atoms with Crippen LogP contribution in [0.2, 0.25) is 0 Å². The number of aromatic hydroxyl groups is 2. The van der Waals surface area contributed by atoms with Crippen LogP contribution in [0.3, 0.4) is 0 Å². The third-order valence-electron chi connectivity index (χ3n) is 5.65. The van der Waals surface area contributed by atoms with E-state index in [1.54, 1.807) is 30.4 Å². The fourth-order valence-electron chi connectivity index (χ4n) is 3.71. The fraction of sp³-hybridized carbons (Fsp3) is 0.379. The number of aliphatic hydroxyl groups excluding tert-OH is 1. The van der Waals surface area contributed by atoms with Crippen molar-refractivity contribution in [1.82, 2.24) is 0 Å². The Labute approximate surface area is 198 Å². The second-order valence-corrected chi connectivity index (χ2v) is 9.31. The molecule has 4 N–H and O–H groups in total. The predicted molar refractivity (Wildman–Crippen MR) is 137 cm³/mol. The van der Waals surface area contributed by atoms with Gasteiger partial charge in [-0.15, -0.1) is 0 Å². The van der Waals surface area contributed by atoms with E-state index in [2.05, 4.69) is 45.9 Å². The molecular formula is C29H38O4. The van der Waals surface area contributed by atoms with E-state index in [0.29, 0.717) is 17.6 Å². The molecule has 0 saturated carbocycles. The van der Waals surface area contributed by atoms with Crippen molar-refractivity contribution in [2.75, 3.05) is 0 Å². The van der Waals surface area contributed by atoms with Crippen LogP contribution in [0.1, 0.15) is 71.8 Å². The van der Waals surface area contributed by atoms with Crippen LogP contribution in [-0.4, -0.2) is 26.0 Å². The van der Waals surface area contributed by atoms with Crippen LogP contribution in [0.5, 0.6) is 11.5 Å². The number of phenols is 2. The number of allylic oxidation sites excluding steroid dienone is 8. The lowest BCUT2D eigenvalue weighted by atomic mass is 9.86. The zero-order valence-corrected chi connectivity index (χ0v) is 20.3. The fourth-order valence-corrected chi connectivity index (χ4v) is 3.71. The first-order valence-electron chi connectivity index (χ1n) is 11.6. The molecule has 1 aromatic rings. The van der Waals surface area contributed by atoms with Gasteiger partial charge in [0.15, 0.2) is 11.5 Å². The van der Waals surface area contributed by atoms with Gasteiger partial charge in [-0.1, -0.05) is 53.2 Å².